The predicted molar refractivity (Wildman–Crippen MR) is 134 cm³/mol. The fraction of sp³-hybridized carbons (Fsp3) is 0.179. The van der Waals surface area contributed by atoms with Crippen LogP contribution in [0, 0.1) is 6.92 Å². The van der Waals surface area contributed by atoms with Crippen molar-refractivity contribution in [2.75, 3.05) is 5.73 Å². The summed E-state index contributed by atoms with van der Waals surface area (Å²) in [7, 11) is 0. The zero-order valence-corrected chi connectivity index (χ0v) is 19.4. The number of nitrogens with two attached hydrogens (primary N) is 1. The van der Waals surface area contributed by atoms with Gasteiger partial charge in [0.15, 0.2) is 5.78 Å². The summed E-state index contributed by atoms with van der Waals surface area (Å²) in [4.78, 5) is 25.6. The Labute approximate surface area is 203 Å². The molecule has 0 radical (unpaired) electrons. The normalized spacial score (nSPS) is 12.8. The van der Waals surface area contributed by atoms with Crippen molar-refractivity contribution < 1.29 is 14.3 Å². The number of ketones is 1. The van der Waals surface area contributed by atoms with Crippen LogP contribution in [0.5, 0.6) is 5.75 Å². The number of carbonyl (C=O) groups excluding carboxylic acids is 2. The lowest BCUT2D eigenvalue weighted by molar-refractivity contribution is 0.0950. The van der Waals surface area contributed by atoms with Crippen LogP contribution in [0.3, 0.4) is 0 Å². The summed E-state index contributed by atoms with van der Waals surface area (Å²) in [6, 6.07) is 22.5. The lowest BCUT2D eigenvalue weighted by Crippen LogP contribution is -2.25. The molecule has 0 saturated heterocycles. The van der Waals surface area contributed by atoms with Crippen LogP contribution in [0.15, 0.2) is 79.0 Å². The first-order chi connectivity index (χ1) is 17.0. The average Bonchev–Trinajstić information content (AvgIpc) is 3.62. The molecule has 3 aromatic carbocycles. The summed E-state index contributed by atoms with van der Waals surface area (Å²) in [6.45, 7) is 2.36. The summed E-state index contributed by atoms with van der Waals surface area (Å²) < 4.78 is 7.31. The first-order valence-corrected chi connectivity index (χ1v) is 11.6. The van der Waals surface area contributed by atoms with Gasteiger partial charge < -0.3 is 15.8 Å². The number of aromatic nitrogens is 2. The van der Waals surface area contributed by atoms with Crippen LogP contribution in [0.4, 0.5) is 5.82 Å². The third kappa shape index (κ3) is 4.94. The molecule has 0 spiro atoms. The van der Waals surface area contributed by atoms with E-state index in [9.17, 15) is 9.59 Å². The Morgan fingerprint density at radius 3 is 2.46 bits per heavy atom. The Morgan fingerprint density at radius 2 is 1.74 bits per heavy atom. The van der Waals surface area contributed by atoms with Gasteiger partial charge >= 0.3 is 0 Å². The summed E-state index contributed by atoms with van der Waals surface area (Å²) >= 11 is 0. The molecule has 1 aromatic heterocycles. The van der Waals surface area contributed by atoms with Crippen molar-refractivity contribution in [2.45, 2.75) is 32.4 Å². The molecule has 3 N–H and O–H groups in total. The van der Waals surface area contributed by atoms with E-state index >= 15 is 0 Å². The van der Waals surface area contributed by atoms with Gasteiger partial charge in [-0.05, 0) is 67.3 Å². The van der Waals surface area contributed by atoms with Gasteiger partial charge in [-0.3, -0.25) is 9.59 Å². The minimum Gasteiger partial charge on any atom is -0.489 e. The van der Waals surface area contributed by atoms with Gasteiger partial charge in [0.05, 0.1) is 17.4 Å². The van der Waals surface area contributed by atoms with Gasteiger partial charge in [0, 0.05) is 17.2 Å². The number of ether oxygens (including phenoxy) is 1. The smallest absolute Gasteiger partial charge is 0.251 e. The zero-order valence-electron chi connectivity index (χ0n) is 19.4. The van der Waals surface area contributed by atoms with E-state index < -0.39 is 0 Å². The number of aryl methyl sites for hydroxylation is 1. The van der Waals surface area contributed by atoms with Gasteiger partial charge in [-0.1, -0.05) is 36.4 Å². The zero-order chi connectivity index (χ0) is 24.4. The van der Waals surface area contributed by atoms with Crippen LogP contribution in [-0.2, 0) is 6.61 Å². The van der Waals surface area contributed by atoms with E-state index in [0.29, 0.717) is 34.7 Å². The van der Waals surface area contributed by atoms with E-state index in [-0.39, 0.29) is 23.6 Å². The molecule has 35 heavy (non-hydrogen) atoms. The Morgan fingerprint density at radius 1 is 1.03 bits per heavy atom. The Bertz CT molecular complexity index is 1370. The number of nitrogens with zero attached hydrogens (tertiary/aromatic N) is 2. The molecule has 1 aliphatic rings. The van der Waals surface area contributed by atoms with E-state index in [1.54, 1.807) is 36.4 Å². The molecular weight excluding hydrogens is 440 g/mol. The highest BCUT2D eigenvalue weighted by Gasteiger charge is 2.24. The highest BCUT2D eigenvalue weighted by Crippen LogP contribution is 2.25. The Hall–Kier alpha value is -4.39. The van der Waals surface area contributed by atoms with E-state index in [1.807, 2.05) is 43.3 Å². The first kappa shape index (κ1) is 22.4. The molecule has 1 fully saturated rings. The number of hydrogen-bond donors (Lipinski definition) is 2. The maximum atomic E-state index is 13.2. The largest absolute Gasteiger partial charge is 0.489 e. The van der Waals surface area contributed by atoms with Crippen molar-refractivity contribution in [3.8, 4) is 11.4 Å². The molecule has 0 atom stereocenters. The molecule has 0 aliphatic heterocycles. The number of anilines is 1. The summed E-state index contributed by atoms with van der Waals surface area (Å²) in [5.41, 5.74) is 10.3. The second-order valence-corrected chi connectivity index (χ2v) is 8.73. The SMILES string of the molecule is Cc1ccc(C(=O)NC2CC2)cc1-n1ncc(C(=O)c2ccc(OCc3ccccc3)cc2)c1N. The van der Waals surface area contributed by atoms with Crippen LogP contribution in [0.1, 0.15) is 50.2 Å². The molecule has 1 heterocycles. The number of hydrogen-bond acceptors (Lipinski definition) is 5. The number of amides is 1. The Balaban J connectivity index is 1.33. The molecule has 1 saturated carbocycles. The van der Waals surface area contributed by atoms with Crippen LogP contribution < -0.4 is 15.8 Å². The molecule has 176 valence electrons. The quantitative estimate of drug-likeness (QED) is 0.374. The van der Waals surface area contributed by atoms with E-state index in [2.05, 4.69) is 10.4 Å². The monoisotopic (exact) mass is 466 g/mol. The van der Waals surface area contributed by atoms with E-state index in [4.69, 9.17) is 10.5 Å². The number of nitrogen functional groups attached to an aromatic ring is 1. The van der Waals surface area contributed by atoms with Gasteiger partial charge in [0.1, 0.15) is 18.2 Å². The van der Waals surface area contributed by atoms with Crippen LogP contribution in [0.25, 0.3) is 5.69 Å². The highest BCUT2D eigenvalue weighted by molar-refractivity contribution is 6.11. The van der Waals surface area contributed by atoms with Crippen molar-refractivity contribution in [3.63, 3.8) is 0 Å². The second kappa shape index (κ2) is 9.46. The molecule has 0 bridgehead atoms. The molecule has 1 amide bonds. The van der Waals surface area contributed by atoms with Crippen LogP contribution in [0.2, 0.25) is 0 Å². The summed E-state index contributed by atoms with van der Waals surface area (Å²) in [5.74, 6) is 0.544. The second-order valence-electron chi connectivity index (χ2n) is 8.73. The summed E-state index contributed by atoms with van der Waals surface area (Å²) in [6.07, 6.45) is 3.50. The highest BCUT2D eigenvalue weighted by atomic mass is 16.5. The maximum Gasteiger partial charge on any atom is 0.251 e. The molecule has 0 unspecified atom stereocenters. The van der Waals surface area contributed by atoms with Crippen molar-refractivity contribution >= 4 is 17.5 Å². The maximum absolute atomic E-state index is 13.2. The minimum absolute atomic E-state index is 0.120. The molecule has 1 aliphatic carbocycles. The van der Waals surface area contributed by atoms with Gasteiger partial charge in [0.2, 0.25) is 0 Å². The lowest BCUT2D eigenvalue weighted by Gasteiger charge is -2.11. The number of nitrogens with one attached hydrogen (secondary N) is 1. The third-order valence-electron chi connectivity index (χ3n) is 6.03. The summed E-state index contributed by atoms with van der Waals surface area (Å²) in [5, 5.41) is 7.35. The fourth-order valence-electron chi connectivity index (χ4n) is 3.80. The molecule has 4 aromatic rings. The van der Waals surface area contributed by atoms with Crippen LogP contribution in [-0.4, -0.2) is 27.5 Å². The van der Waals surface area contributed by atoms with Gasteiger partial charge in [-0.25, -0.2) is 4.68 Å². The predicted octanol–water partition coefficient (Wildman–Crippen LogP) is 4.47. The standard InChI is InChI=1S/C28H26N4O3/c1-18-7-8-21(28(34)31-22-11-12-22)15-25(18)32-27(29)24(16-30-32)26(33)20-9-13-23(14-10-20)35-17-19-5-3-2-4-6-19/h2-10,13-16,22H,11-12,17,29H2,1H3,(H,31,34). The lowest BCUT2D eigenvalue weighted by atomic mass is 10.1. The third-order valence-corrected chi connectivity index (χ3v) is 6.03. The fourth-order valence-corrected chi connectivity index (χ4v) is 3.80. The van der Waals surface area contributed by atoms with Crippen molar-refractivity contribution in [2.24, 2.45) is 0 Å². The number of rotatable bonds is 8. The van der Waals surface area contributed by atoms with Crippen LogP contribution >= 0.6 is 0 Å². The Kier molecular flexibility index (Phi) is 6.06. The minimum atomic E-state index is -0.233. The average molecular weight is 467 g/mol. The van der Waals surface area contributed by atoms with Crippen molar-refractivity contribution in [1.29, 1.82) is 0 Å². The van der Waals surface area contributed by atoms with Crippen molar-refractivity contribution in [3.05, 3.63) is 107 Å². The molecular formula is C28H26N4O3. The molecule has 5 rings (SSSR count). The van der Waals surface area contributed by atoms with Gasteiger partial charge in [-0.15, -0.1) is 0 Å². The molecule has 7 nitrogen and oxygen atoms in total. The van der Waals surface area contributed by atoms with Gasteiger partial charge in [0.25, 0.3) is 5.91 Å². The first-order valence-electron chi connectivity index (χ1n) is 11.6. The number of carbonyl (C=O) groups is 2. The van der Waals surface area contributed by atoms with E-state index in [1.165, 1.54) is 10.9 Å². The van der Waals surface area contributed by atoms with Crippen molar-refractivity contribution in [1.82, 2.24) is 15.1 Å². The van der Waals surface area contributed by atoms with Gasteiger partial charge in [-0.2, -0.15) is 5.10 Å². The molecule has 7 heteroatoms. The number of benzene rings is 3. The topological polar surface area (TPSA) is 99.2 Å². The van der Waals surface area contributed by atoms with E-state index in [0.717, 1.165) is 24.0 Å².